The van der Waals surface area contributed by atoms with Crippen LogP contribution in [0.25, 0.3) is 21.8 Å². The van der Waals surface area contributed by atoms with Crippen LogP contribution in [0, 0.1) is 0 Å². The first kappa shape index (κ1) is 20.5. The van der Waals surface area contributed by atoms with E-state index in [4.69, 9.17) is 0 Å². The number of nitrogens with one attached hydrogen (secondary N) is 2. The Morgan fingerprint density at radius 1 is 0.583 bits per heavy atom. The largest absolute Gasteiger partial charge is 1.00 e. The summed E-state index contributed by atoms with van der Waals surface area (Å²) in [5.41, 5.74) is 1.35. The molecule has 0 aliphatic rings. The van der Waals surface area contributed by atoms with Gasteiger partial charge in [0, 0.05) is 22.9 Å². The van der Waals surface area contributed by atoms with Crippen molar-refractivity contribution in [2.75, 3.05) is 0 Å². The molecule has 0 radical (unpaired) electrons. The molecule has 0 atom stereocenters. The van der Waals surface area contributed by atoms with Gasteiger partial charge in [-0.2, -0.15) is 0 Å². The molecular weight excluding hydrogens is 306 g/mol. The number of hydrogen-bond donors (Lipinski definition) is 0. The number of para-hydroxylation sites is 2. The van der Waals surface area contributed by atoms with Gasteiger partial charge in [0.05, 0.1) is 0 Å². The Kier molecular flexibility index (Phi) is 8.27. The maximum Gasteiger partial charge on any atom is 1.00 e. The third kappa shape index (κ3) is 4.73. The van der Waals surface area contributed by atoms with Gasteiger partial charge in [-0.3, -0.25) is 0 Å². The summed E-state index contributed by atoms with van der Waals surface area (Å²) in [6.45, 7) is 0. The molecule has 0 unspecified atom stereocenters. The Morgan fingerprint density at radius 3 is 1.33 bits per heavy atom. The minimum atomic E-state index is 0. The molecule has 108 valence electrons. The van der Waals surface area contributed by atoms with E-state index >= 15 is 0 Å². The molecule has 0 bridgehead atoms. The zero-order valence-corrected chi connectivity index (χ0v) is 15.7. The average Bonchev–Trinajstić information content (AvgIpc) is 2.57. The van der Waals surface area contributed by atoms with Gasteiger partial charge in [0.15, 0.2) is 12.4 Å². The molecule has 0 aliphatic carbocycles. The number of rotatable bonds is 0. The fraction of sp³-hybridized carbons (Fsp3) is 0. The van der Waals surface area contributed by atoms with E-state index in [2.05, 4.69) is 9.97 Å². The number of H-pyrrole nitrogens is 2. The van der Waals surface area contributed by atoms with Crippen LogP contribution in [0.15, 0.2) is 73.1 Å². The second-order valence-corrected chi connectivity index (χ2v) is 4.78. The van der Waals surface area contributed by atoms with Gasteiger partial charge in [-0.1, -0.05) is 24.3 Å². The molecule has 0 spiro atoms. The van der Waals surface area contributed by atoms with E-state index in [-0.39, 0.29) is 59.9 Å². The maximum absolute atomic E-state index is 11.1. The van der Waals surface area contributed by atoms with Crippen LogP contribution in [0.2, 0.25) is 0 Å². The Balaban J connectivity index is 0.000000222. The van der Waals surface area contributed by atoms with E-state index < -0.39 is 0 Å². The standard InChI is InChI=1S/2C9H7NO.Li.Na/c2*11-8-5-1-3-7-4-2-6-10-9(7)8;;/h2*1-6,11H;;/q;;2*+1. The van der Waals surface area contributed by atoms with E-state index in [9.17, 15) is 10.2 Å². The van der Waals surface area contributed by atoms with Crippen molar-refractivity contribution in [1.29, 1.82) is 0 Å². The quantitative estimate of drug-likeness (QED) is 0.306. The Morgan fingerprint density at radius 2 is 0.958 bits per heavy atom. The molecular formula is C18H14LiN2NaO2+2. The Hall–Kier alpha value is -1.54. The second kappa shape index (κ2) is 9.68. The first-order valence-electron chi connectivity index (χ1n) is 6.88. The van der Waals surface area contributed by atoms with Crippen LogP contribution in [0.1, 0.15) is 0 Å². The van der Waals surface area contributed by atoms with E-state index in [0.29, 0.717) is 11.0 Å². The van der Waals surface area contributed by atoms with Crippen LogP contribution in [0.3, 0.4) is 0 Å². The minimum Gasteiger partial charge on any atom is -0.868 e. The van der Waals surface area contributed by atoms with Crippen molar-refractivity contribution in [3.63, 3.8) is 0 Å². The third-order valence-electron chi connectivity index (χ3n) is 3.32. The summed E-state index contributed by atoms with van der Waals surface area (Å²) in [6.07, 6.45) is 3.51. The molecule has 2 N–H and O–H groups in total. The summed E-state index contributed by atoms with van der Waals surface area (Å²) in [6, 6.07) is 18.0. The van der Waals surface area contributed by atoms with E-state index in [1.165, 1.54) is 0 Å². The molecule has 4 aromatic rings. The normalized spacial score (nSPS) is 9.33. The van der Waals surface area contributed by atoms with E-state index in [0.717, 1.165) is 10.8 Å². The van der Waals surface area contributed by atoms with Gasteiger partial charge in [-0.05, 0) is 35.8 Å². The van der Waals surface area contributed by atoms with Crippen molar-refractivity contribution in [2.24, 2.45) is 0 Å². The number of pyridine rings is 2. The van der Waals surface area contributed by atoms with Gasteiger partial charge in [0.1, 0.15) is 0 Å². The summed E-state index contributed by atoms with van der Waals surface area (Å²) in [5.74, 6) is 0.0891. The van der Waals surface area contributed by atoms with Gasteiger partial charge in [0.25, 0.3) is 0 Å². The van der Waals surface area contributed by atoms with Crippen LogP contribution in [-0.4, -0.2) is 0 Å². The SMILES string of the molecule is [Li+].[Na+].[O-]c1cccc2ccc[nH+]c12.[O-]c1cccc2ccc[nH+]c12. The van der Waals surface area contributed by atoms with Crippen molar-refractivity contribution in [1.82, 2.24) is 0 Å². The molecule has 2 aromatic carbocycles. The van der Waals surface area contributed by atoms with Crippen molar-refractivity contribution in [3.8, 4) is 11.5 Å². The topological polar surface area (TPSA) is 74.4 Å². The number of hydrogen-bond acceptors (Lipinski definition) is 2. The zero-order valence-electron chi connectivity index (χ0n) is 13.7. The van der Waals surface area contributed by atoms with Crippen molar-refractivity contribution >= 4 is 21.8 Å². The van der Waals surface area contributed by atoms with Gasteiger partial charge in [0.2, 0.25) is 11.0 Å². The molecule has 2 aromatic heterocycles. The molecule has 4 nitrogen and oxygen atoms in total. The molecule has 2 heterocycles. The molecule has 24 heavy (non-hydrogen) atoms. The molecule has 4 rings (SSSR count). The van der Waals surface area contributed by atoms with Crippen LogP contribution < -0.4 is 68.6 Å². The number of benzene rings is 2. The van der Waals surface area contributed by atoms with Crippen molar-refractivity contribution in [2.45, 2.75) is 0 Å². The van der Waals surface area contributed by atoms with Crippen LogP contribution >= 0.6 is 0 Å². The summed E-state index contributed by atoms with van der Waals surface area (Å²) >= 11 is 0. The number of aromatic nitrogens is 2. The summed E-state index contributed by atoms with van der Waals surface area (Å²) < 4.78 is 0. The first-order valence-corrected chi connectivity index (χ1v) is 6.88. The Bertz CT molecular complexity index is 847. The monoisotopic (exact) mass is 320 g/mol. The summed E-state index contributed by atoms with van der Waals surface area (Å²) in [4.78, 5) is 5.81. The first-order chi connectivity index (χ1) is 10.8. The zero-order chi connectivity index (χ0) is 15.4. The predicted octanol–water partition coefficient (Wildman–Crippen LogP) is -4.54. The van der Waals surface area contributed by atoms with Crippen LogP contribution in [0.5, 0.6) is 11.5 Å². The third-order valence-corrected chi connectivity index (χ3v) is 3.32. The van der Waals surface area contributed by atoms with Gasteiger partial charge < -0.3 is 10.2 Å². The fourth-order valence-electron chi connectivity index (χ4n) is 2.25. The van der Waals surface area contributed by atoms with Gasteiger partial charge in [-0.15, -0.1) is 0 Å². The van der Waals surface area contributed by atoms with Crippen molar-refractivity contribution in [3.05, 3.63) is 73.1 Å². The van der Waals surface area contributed by atoms with Crippen LogP contribution in [0.4, 0.5) is 0 Å². The predicted molar refractivity (Wildman–Crippen MR) is 79.9 cm³/mol. The van der Waals surface area contributed by atoms with E-state index in [1.54, 1.807) is 36.7 Å². The molecule has 0 saturated heterocycles. The van der Waals surface area contributed by atoms with Crippen molar-refractivity contribution < 1.29 is 68.6 Å². The number of fused-ring (bicyclic) bond motifs is 2. The summed E-state index contributed by atoms with van der Waals surface area (Å²) in [7, 11) is 0. The smallest absolute Gasteiger partial charge is 0.868 e. The maximum atomic E-state index is 11.1. The molecule has 0 aliphatic heterocycles. The molecule has 0 fully saturated rings. The number of aromatic amines is 2. The molecule has 0 amide bonds. The van der Waals surface area contributed by atoms with Gasteiger partial charge >= 0.3 is 48.4 Å². The summed E-state index contributed by atoms with van der Waals surface area (Å²) in [5, 5.41) is 24.2. The van der Waals surface area contributed by atoms with Crippen LogP contribution in [-0.2, 0) is 0 Å². The van der Waals surface area contributed by atoms with Gasteiger partial charge in [-0.25, -0.2) is 9.97 Å². The minimum absolute atomic E-state index is 0. The van der Waals surface area contributed by atoms with E-state index in [1.807, 2.05) is 36.4 Å². The molecule has 0 saturated carbocycles. The fourth-order valence-corrected chi connectivity index (χ4v) is 2.25. The average molecular weight is 320 g/mol. The molecule has 6 heteroatoms. The second-order valence-electron chi connectivity index (χ2n) is 4.78. The Labute approximate surface area is 174 Å².